The van der Waals surface area contributed by atoms with Crippen molar-refractivity contribution in [2.75, 3.05) is 0 Å². The van der Waals surface area contributed by atoms with Crippen molar-refractivity contribution in [3.8, 4) is 0 Å². The molecule has 2 rings (SSSR count). The maximum absolute atomic E-state index is 2.27. The predicted octanol–water partition coefficient (Wildman–Crippen LogP) is 2.72. The zero-order chi connectivity index (χ0) is 18.2. The van der Waals surface area contributed by atoms with E-state index in [1.807, 2.05) is 40.5 Å². The van der Waals surface area contributed by atoms with E-state index in [4.69, 9.17) is 0 Å². The first-order valence-corrected chi connectivity index (χ1v) is 10.4. The number of rotatable bonds is 4. The maximum atomic E-state index is 2.27. The Morgan fingerprint density at radius 3 is 1.38 bits per heavy atom. The van der Waals surface area contributed by atoms with Crippen LogP contribution in [-0.4, -0.2) is 8.80 Å². The molecule has 0 aliphatic carbocycles. The Bertz CT molecular complexity index is 499. The molecule has 3 heteroatoms. The van der Waals surface area contributed by atoms with Crippen LogP contribution < -0.4 is 29.2 Å². The van der Waals surface area contributed by atoms with Gasteiger partial charge in [-0.25, -0.2) is 8.80 Å². The Labute approximate surface area is 189 Å². The average molecular weight is 410 g/mol. The molecule has 0 heterocycles. The molecule has 132 valence electrons. The van der Waals surface area contributed by atoms with Gasteiger partial charge in [0.2, 0.25) is 0 Å². The normalized spacial score (nSPS) is 9.23. The van der Waals surface area contributed by atoms with Crippen LogP contribution in [0.1, 0.15) is 41.5 Å². The first-order chi connectivity index (χ1) is 11.6. The van der Waals surface area contributed by atoms with E-state index in [0.717, 1.165) is 0 Å². The van der Waals surface area contributed by atoms with Gasteiger partial charge in [-0.3, -0.25) is 0 Å². The summed E-state index contributed by atoms with van der Waals surface area (Å²) >= 11 is 0. The molecule has 0 aliphatic rings. The monoisotopic (exact) mass is 408 g/mol. The zero-order valence-corrected chi connectivity index (χ0v) is 21.9. The van der Waals surface area contributed by atoms with Crippen LogP contribution in [0.2, 0.25) is 6.04 Å². The molecule has 0 saturated heterocycles. The summed E-state index contributed by atoms with van der Waals surface area (Å²) in [7, 11) is -0.679. The van der Waals surface area contributed by atoms with Crippen LogP contribution in [-0.2, 0) is 19.5 Å². The quantitative estimate of drug-likeness (QED) is 0.414. The van der Waals surface area contributed by atoms with Gasteiger partial charge in [-0.15, -0.1) is 11.6 Å². The van der Waals surface area contributed by atoms with Crippen LogP contribution in [0.5, 0.6) is 0 Å². The van der Waals surface area contributed by atoms with Gasteiger partial charge in [-0.1, -0.05) is 66.7 Å². The Morgan fingerprint density at radius 2 is 1.12 bits per heavy atom. The van der Waals surface area contributed by atoms with Gasteiger partial charge in [0.05, 0.1) is 0 Å². The molecule has 0 saturated carbocycles. The topological polar surface area (TPSA) is 0 Å². The third-order valence-electron chi connectivity index (χ3n) is 3.19. The van der Waals surface area contributed by atoms with E-state index in [-0.39, 0.29) is 38.3 Å². The molecule has 0 nitrogen and oxygen atoms in total. The third kappa shape index (κ3) is 13.8. The third-order valence-corrected chi connectivity index (χ3v) is 6.16. The summed E-state index contributed by atoms with van der Waals surface area (Å²) in [6, 6.07) is 23.0. The molecule has 2 aromatic carbocycles. The molecule has 0 bridgehead atoms. The van der Waals surface area contributed by atoms with Crippen molar-refractivity contribution in [3.63, 3.8) is 0 Å². The van der Waals surface area contributed by atoms with E-state index in [1.54, 1.807) is 0 Å². The first-order valence-electron chi connectivity index (χ1n) is 8.70. The minimum absolute atomic E-state index is 0. The molecule has 0 spiro atoms. The van der Waals surface area contributed by atoms with Crippen molar-refractivity contribution in [1.29, 1.82) is 0 Å². The van der Waals surface area contributed by atoms with Crippen LogP contribution >= 0.6 is 0 Å². The number of hydrogen-bond donors (Lipinski definition) is 0. The molecular weight excluding hydrogens is 377 g/mol. The number of allylic oxidation sites excluding steroid dienone is 2. The van der Waals surface area contributed by atoms with Gasteiger partial charge in [-0.05, 0) is 13.8 Å². The number of benzene rings is 2. The van der Waals surface area contributed by atoms with Gasteiger partial charge in [-0.2, -0.15) is 38.1 Å². The average Bonchev–Trinajstić information content (AvgIpc) is 2.62. The van der Waals surface area contributed by atoms with Crippen molar-refractivity contribution in [1.82, 2.24) is 0 Å². The minimum atomic E-state index is -0.679. The summed E-state index contributed by atoms with van der Waals surface area (Å²) in [5.74, 6) is 0. The molecular formula is C23H33LiSiZn. The van der Waals surface area contributed by atoms with Crippen LogP contribution in [0.3, 0.4) is 0 Å². The van der Waals surface area contributed by atoms with Crippen LogP contribution in [0.25, 0.3) is 0 Å². The van der Waals surface area contributed by atoms with Crippen molar-refractivity contribution >= 4 is 19.2 Å². The Hall–Kier alpha value is -0.382. The van der Waals surface area contributed by atoms with Gasteiger partial charge in [0, 0.05) is 0 Å². The van der Waals surface area contributed by atoms with Crippen molar-refractivity contribution in [2.45, 2.75) is 47.6 Å². The fourth-order valence-electron chi connectivity index (χ4n) is 2.03. The van der Waals surface area contributed by atoms with Crippen LogP contribution in [0.4, 0.5) is 0 Å². The SMILES string of the molecule is C/C=C(\C)C[Si-](c1ccccc1)c1ccccc1.C[CH-]C.C[CH-]C.[Li+].[Zn+2]. The first kappa shape index (κ1) is 30.3. The second kappa shape index (κ2) is 20.9. The number of hydrogen-bond acceptors (Lipinski definition) is 0. The van der Waals surface area contributed by atoms with E-state index < -0.39 is 8.80 Å². The van der Waals surface area contributed by atoms with Gasteiger partial charge >= 0.3 is 38.3 Å². The molecule has 0 atom stereocenters. The van der Waals surface area contributed by atoms with Crippen molar-refractivity contribution < 1.29 is 38.3 Å². The fraction of sp³-hybridized carbons (Fsp3) is 0.304. The standard InChI is InChI=1S/C17H19Si.2C3H7.Li.Zn/c1-3-15(2)14-18(16-10-6-4-7-11-16)17-12-8-5-9-13-17;2*1-3-2;;/h3-13H,14H2,1-2H3;2*3H,1-2H3;;/q3*-1;+1;+2/b15-3+;;;;. The summed E-state index contributed by atoms with van der Waals surface area (Å²) in [4.78, 5) is 0. The van der Waals surface area contributed by atoms with Crippen LogP contribution in [0, 0.1) is 12.8 Å². The maximum Gasteiger partial charge on any atom is 2.00 e. The van der Waals surface area contributed by atoms with Crippen molar-refractivity contribution in [2.24, 2.45) is 0 Å². The summed E-state index contributed by atoms with van der Waals surface area (Å²) in [5.41, 5.74) is 1.48. The van der Waals surface area contributed by atoms with Crippen LogP contribution in [0.15, 0.2) is 72.3 Å². The van der Waals surface area contributed by atoms with Crippen molar-refractivity contribution in [3.05, 3.63) is 85.2 Å². The molecule has 0 radical (unpaired) electrons. The van der Waals surface area contributed by atoms with Gasteiger partial charge in [0.15, 0.2) is 0 Å². The van der Waals surface area contributed by atoms with E-state index in [2.05, 4.69) is 80.6 Å². The molecule has 2 aromatic rings. The van der Waals surface area contributed by atoms with E-state index >= 15 is 0 Å². The van der Waals surface area contributed by atoms with E-state index in [1.165, 1.54) is 22.0 Å². The molecule has 26 heavy (non-hydrogen) atoms. The largest absolute Gasteiger partial charge is 2.00 e. The van der Waals surface area contributed by atoms with Gasteiger partial charge in [0.25, 0.3) is 0 Å². The molecule has 0 N–H and O–H groups in total. The van der Waals surface area contributed by atoms with Gasteiger partial charge < -0.3 is 12.8 Å². The second-order valence-electron chi connectivity index (χ2n) is 5.68. The predicted molar refractivity (Wildman–Crippen MR) is 113 cm³/mol. The summed E-state index contributed by atoms with van der Waals surface area (Å²) in [6.07, 6.45) is 6.23. The summed E-state index contributed by atoms with van der Waals surface area (Å²) in [6.45, 7) is 12.4. The fourth-order valence-corrected chi connectivity index (χ4v) is 4.72. The summed E-state index contributed by atoms with van der Waals surface area (Å²) < 4.78 is 0. The minimum Gasteiger partial charge on any atom is -0.335 e. The Kier molecular flexibility index (Phi) is 24.4. The Morgan fingerprint density at radius 1 is 0.808 bits per heavy atom. The molecule has 0 unspecified atom stereocenters. The zero-order valence-electron chi connectivity index (χ0n) is 17.9. The molecule has 0 aromatic heterocycles. The van der Waals surface area contributed by atoms with Gasteiger partial charge in [0.1, 0.15) is 0 Å². The second-order valence-corrected chi connectivity index (χ2v) is 8.14. The molecule has 0 aliphatic heterocycles. The van der Waals surface area contributed by atoms with E-state index in [9.17, 15) is 0 Å². The smallest absolute Gasteiger partial charge is 0.335 e. The summed E-state index contributed by atoms with van der Waals surface area (Å²) in [5, 5.41) is 2.99. The Balaban J connectivity index is -0.000000586. The van der Waals surface area contributed by atoms with E-state index in [0.29, 0.717) is 0 Å². The molecule has 0 fully saturated rings. The molecule has 0 amide bonds.